The normalized spacial score (nSPS) is 11.1. The lowest BCUT2D eigenvalue weighted by Crippen LogP contribution is -2.32. The summed E-state index contributed by atoms with van der Waals surface area (Å²) in [5.74, 6) is 0. The molecule has 0 aliphatic rings. The van der Waals surface area contributed by atoms with E-state index in [0.29, 0.717) is 23.3 Å². The summed E-state index contributed by atoms with van der Waals surface area (Å²) in [5.41, 5.74) is 1.14. The van der Waals surface area contributed by atoms with E-state index >= 15 is 0 Å². The molecular weight excluding hydrogens is 292 g/mol. The molecule has 0 saturated heterocycles. The molecule has 3 rings (SSSR count). The smallest absolute Gasteiger partial charge is 0.330 e. The van der Waals surface area contributed by atoms with Crippen molar-refractivity contribution < 1.29 is 0 Å². The summed E-state index contributed by atoms with van der Waals surface area (Å²) in [6.45, 7) is 4.33. The van der Waals surface area contributed by atoms with Gasteiger partial charge in [-0.2, -0.15) is 0 Å². The van der Waals surface area contributed by atoms with E-state index in [4.69, 9.17) is 0 Å². The predicted molar refractivity (Wildman–Crippen MR) is 90.9 cm³/mol. The number of aromatic nitrogens is 3. The summed E-state index contributed by atoms with van der Waals surface area (Å²) in [4.78, 5) is 31.2. The SMILES string of the molecule is CC(C)Nc1ccnc2c1c(=O)[nH]c(=O)n2Cc1ccccc1. The third kappa shape index (κ3) is 3.01. The van der Waals surface area contributed by atoms with Gasteiger partial charge in [0, 0.05) is 12.2 Å². The number of pyridine rings is 1. The van der Waals surface area contributed by atoms with Crippen LogP contribution in [0.15, 0.2) is 52.2 Å². The van der Waals surface area contributed by atoms with E-state index in [0.717, 1.165) is 5.56 Å². The van der Waals surface area contributed by atoms with Gasteiger partial charge in [0.15, 0.2) is 5.65 Å². The van der Waals surface area contributed by atoms with E-state index in [-0.39, 0.29) is 6.04 Å². The second kappa shape index (κ2) is 6.08. The molecule has 0 amide bonds. The minimum atomic E-state index is -0.458. The van der Waals surface area contributed by atoms with Gasteiger partial charge >= 0.3 is 5.69 Å². The molecule has 6 nitrogen and oxygen atoms in total. The fourth-order valence-corrected chi connectivity index (χ4v) is 2.55. The second-order valence-corrected chi connectivity index (χ2v) is 5.69. The molecule has 2 heterocycles. The van der Waals surface area contributed by atoms with Crippen molar-refractivity contribution in [1.29, 1.82) is 0 Å². The van der Waals surface area contributed by atoms with Crippen LogP contribution in [0, 0.1) is 0 Å². The Kier molecular flexibility index (Phi) is 3.97. The number of benzene rings is 1. The molecule has 0 atom stereocenters. The van der Waals surface area contributed by atoms with E-state index < -0.39 is 11.2 Å². The minimum absolute atomic E-state index is 0.162. The van der Waals surface area contributed by atoms with Crippen LogP contribution in [0.25, 0.3) is 11.0 Å². The summed E-state index contributed by atoms with van der Waals surface area (Å²) >= 11 is 0. The van der Waals surface area contributed by atoms with Crippen LogP contribution in [0.2, 0.25) is 0 Å². The number of nitrogens with zero attached hydrogens (tertiary/aromatic N) is 2. The van der Waals surface area contributed by atoms with Crippen molar-refractivity contribution in [3.63, 3.8) is 0 Å². The molecular formula is C17H18N4O2. The predicted octanol–water partition coefficient (Wildman–Crippen LogP) is 1.95. The quantitative estimate of drug-likeness (QED) is 0.772. The van der Waals surface area contributed by atoms with E-state index in [1.165, 1.54) is 4.57 Å². The third-order valence-corrected chi connectivity index (χ3v) is 3.51. The molecule has 1 aromatic carbocycles. The second-order valence-electron chi connectivity index (χ2n) is 5.69. The van der Waals surface area contributed by atoms with Crippen LogP contribution in [0.5, 0.6) is 0 Å². The van der Waals surface area contributed by atoms with Gasteiger partial charge in [-0.15, -0.1) is 0 Å². The highest BCUT2D eigenvalue weighted by atomic mass is 16.2. The number of aromatic amines is 1. The first-order valence-corrected chi connectivity index (χ1v) is 7.48. The summed E-state index contributed by atoms with van der Waals surface area (Å²) in [6, 6.07) is 11.5. The van der Waals surface area contributed by atoms with E-state index in [1.54, 1.807) is 12.3 Å². The van der Waals surface area contributed by atoms with E-state index in [1.807, 2.05) is 44.2 Å². The molecule has 0 bridgehead atoms. The highest BCUT2D eigenvalue weighted by Gasteiger charge is 2.13. The Balaban J connectivity index is 2.22. The van der Waals surface area contributed by atoms with Gasteiger partial charge in [-0.05, 0) is 25.5 Å². The third-order valence-electron chi connectivity index (χ3n) is 3.51. The monoisotopic (exact) mass is 310 g/mol. The fraction of sp³-hybridized carbons (Fsp3) is 0.235. The van der Waals surface area contributed by atoms with Crippen molar-refractivity contribution in [1.82, 2.24) is 14.5 Å². The maximum absolute atomic E-state index is 12.3. The molecule has 23 heavy (non-hydrogen) atoms. The first-order valence-electron chi connectivity index (χ1n) is 7.48. The molecule has 0 spiro atoms. The van der Waals surface area contributed by atoms with Crippen molar-refractivity contribution in [3.05, 3.63) is 69.0 Å². The maximum atomic E-state index is 12.3. The van der Waals surface area contributed by atoms with Crippen molar-refractivity contribution in [3.8, 4) is 0 Å². The van der Waals surface area contributed by atoms with Gasteiger partial charge < -0.3 is 5.32 Å². The van der Waals surface area contributed by atoms with Gasteiger partial charge in [-0.1, -0.05) is 30.3 Å². The van der Waals surface area contributed by atoms with Crippen LogP contribution in [0.4, 0.5) is 5.69 Å². The average Bonchev–Trinajstić information content (AvgIpc) is 2.51. The Bertz CT molecular complexity index is 942. The van der Waals surface area contributed by atoms with Gasteiger partial charge in [0.05, 0.1) is 12.2 Å². The average molecular weight is 310 g/mol. The minimum Gasteiger partial charge on any atom is -0.382 e. The van der Waals surface area contributed by atoms with Gasteiger partial charge in [0.1, 0.15) is 5.39 Å². The summed E-state index contributed by atoms with van der Waals surface area (Å²) in [5, 5.41) is 3.62. The highest BCUT2D eigenvalue weighted by molar-refractivity contribution is 5.88. The molecule has 118 valence electrons. The number of rotatable bonds is 4. The Labute approximate surface area is 132 Å². The molecule has 0 aliphatic carbocycles. The van der Waals surface area contributed by atoms with Crippen LogP contribution >= 0.6 is 0 Å². The van der Waals surface area contributed by atoms with Crippen molar-refractivity contribution in [2.75, 3.05) is 5.32 Å². The number of hydrogen-bond acceptors (Lipinski definition) is 4. The molecule has 0 aliphatic heterocycles. The maximum Gasteiger partial charge on any atom is 0.330 e. The topological polar surface area (TPSA) is 79.8 Å². The molecule has 0 radical (unpaired) electrons. The molecule has 3 aromatic rings. The lowest BCUT2D eigenvalue weighted by molar-refractivity contribution is 0.746. The molecule has 2 N–H and O–H groups in total. The fourth-order valence-electron chi connectivity index (χ4n) is 2.55. The first kappa shape index (κ1) is 15.0. The number of nitrogens with one attached hydrogen (secondary N) is 2. The van der Waals surface area contributed by atoms with Crippen LogP contribution in [0.3, 0.4) is 0 Å². The largest absolute Gasteiger partial charge is 0.382 e. The number of fused-ring (bicyclic) bond motifs is 1. The zero-order valence-corrected chi connectivity index (χ0v) is 13.0. The summed E-state index contributed by atoms with van der Waals surface area (Å²) in [7, 11) is 0. The molecule has 2 aromatic heterocycles. The number of hydrogen-bond donors (Lipinski definition) is 2. The lowest BCUT2D eigenvalue weighted by atomic mass is 10.2. The number of H-pyrrole nitrogens is 1. The van der Waals surface area contributed by atoms with Gasteiger partial charge in [-0.3, -0.25) is 14.3 Å². The number of anilines is 1. The van der Waals surface area contributed by atoms with Gasteiger partial charge in [-0.25, -0.2) is 9.78 Å². The molecule has 0 saturated carbocycles. The zero-order valence-electron chi connectivity index (χ0n) is 13.0. The Morgan fingerprint density at radius 2 is 1.91 bits per heavy atom. The van der Waals surface area contributed by atoms with Crippen molar-refractivity contribution in [2.45, 2.75) is 26.4 Å². The summed E-state index contributed by atoms with van der Waals surface area (Å²) < 4.78 is 1.48. The Morgan fingerprint density at radius 3 is 2.61 bits per heavy atom. The Morgan fingerprint density at radius 1 is 1.17 bits per heavy atom. The molecule has 0 fully saturated rings. The van der Waals surface area contributed by atoms with Crippen LogP contribution in [0.1, 0.15) is 19.4 Å². The molecule has 0 unspecified atom stereocenters. The molecule has 6 heteroatoms. The van der Waals surface area contributed by atoms with E-state index in [2.05, 4.69) is 15.3 Å². The zero-order chi connectivity index (χ0) is 16.4. The van der Waals surface area contributed by atoms with Crippen LogP contribution in [-0.4, -0.2) is 20.6 Å². The van der Waals surface area contributed by atoms with Crippen LogP contribution in [-0.2, 0) is 6.54 Å². The van der Waals surface area contributed by atoms with Crippen LogP contribution < -0.4 is 16.6 Å². The van der Waals surface area contributed by atoms with Gasteiger partial charge in [0.25, 0.3) is 5.56 Å². The summed E-state index contributed by atoms with van der Waals surface area (Å²) in [6.07, 6.45) is 1.60. The van der Waals surface area contributed by atoms with Crippen molar-refractivity contribution in [2.24, 2.45) is 0 Å². The van der Waals surface area contributed by atoms with Crippen molar-refractivity contribution >= 4 is 16.7 Å². The standard InChI is InChI=1S/C17H18N4O2/c1-11(2)19-13-8-9-18-15-14(13)16(22)20-17(23)21(15)10-12-6-4-3-5-7-12/h3-9,11H,10H2,1-2H3,(H,18,19)(H,20,22,23). The van der Waals surface area contributed by atoms with E-state index in [9.17, 15) is 9.59 Å². The first-order chi connectivity index (χ1) is 11.1. The van der Waals surface area contributed by atoms with Gasteiger partial charge in [0.2, 0.25) is 0 Å². The Hall–Kier alpha value is -2.89. The lowest BCUT2D eigenvalue weighted by Gasteiger charge is -2.14. The highest BCUT2D eigenvalue weighted by Crippen LogP contribution is 2.18.